The summed E-state index contributed by atoms with van der Waals surface area (Å²) >= 11 is 1.32. The van der Waals surface area contributed by atoms with Crippen molar-refractivity contribution in [1.82, 2.24) is 0 Å². The van der Waals surface area contributed by atoms with Crippen LogP contribution in [0.3, 0.4) is 0 Å². The summed E-state index contributed by atoms with van der Waals surface area (Å²) in [6.45, 7) is 0. The fourth-order valence-corrected chi connectivity index (χ4v) is 1.93. The minimum atomic E-state index is -0.512. The van der Waals surface area contributed by atoms with Gasteiger partial charge in [-0.3, -0.25) is 0 Å². The van der Waals surface area contributed by atoms with Gasteiger partial charge >= 0.3 is 0 Å². The zero-order valence-electron chi connectivity index (χ0n) is 6.63. The van der Waals surface area contributed by atoms with Crippen molar-refractivity contribution in [2.24, 2.45) is 0 Å². The second-order valence-corrected chi connectivity index (χ2v) is 3.52. The lowest BCUT2D eigenvalue weighted by Crippen LogP contribution is -1.86. The van der Waals surface area contributed by atoms with E-state index in [-0.39, 0.29) is 5.56 Å². The van der Waals surface area contributed by atoms with Gasteiger partial charge in [-0.05, 0) is 23.6 Å². The van der Waals surface area contributed by atoms with Crippen LogP contribution in [0.1, 0.15) is 0 Å². The van der Waals surface area contributed by atoms with Gasteiger partial charge in [-0.1, -0.05) is 12.1 Å². The second kappa shape index (κ2) is 3.26. The van der Waals surface area contributed by atoms with E-state index in [1.54, 1.807) is 17.5 Å². The molecule has 0 spiro atoms. The number of benzene rings is 1. The van der Waals surface area contributed by atoms with Crippen molar-refractivity contribution in [1.29, 1.82) is 0 Å². The first-order chi connectivity index (χ1) is 6.29. The second-order valence-electron chi connectivity index (χ2n) is 2.57. The first-order valence-electron chi connectivity index (χ1n) is 3.77. The summed E-state index contributed by atoms with van der Waals surface area (Å²) < 4.78 is 26.4. The van der Waals surface area contributed by atoms with Gasteiger partial charge in [0.2, 0.25) is 0 Å². The standard InChI is InChI=1S/C10H6F2S/c11-7-3-1-4-8(12)10(7)9-5-2-6-13-9/h1-6H. The van der Waals surface area contributed by atoms with Gasteiger partial charge in [0.25, 0.3) is 0 Å². The normalized spacial score (nSPS) is 10.3. The third-order valence-electron chi connectivity index (χ3n) is 1.73. The summed E-state index contributed by atoms with van der Waals surface area (Å²) in [5, 5.41) is 1.79. The van der Waals surface area contributed by atoms with Crippen molar-refractivity contribution in [2.45, 2.75) is 0 Å². The van der Waals surface area contributed by atoms with E-state index in [1.807, 2.05) is 0 Å². The number of thiophene rings is 1. The molecule has 0 N–H and O–H groups in total. The molecule has 3 heteroatoms. The van der Waals surface area contributed by atoms with Crippen LogP contribution in [0, 0.1) is 11.6 Å². The van der Waals surface area contributed by atoms with Crippen LogP contribution in [-0.2, 0) is 0 Å². The van der Waals surface area contributed by atoms with Crippen molar-refractivity contribution >= 4 is 11.3 Å². The molecule has 0 amide bonds. The molecule has 0 atom stereocenters. The smallest absolute Gasteiger partial charge is 0.134 e. The molecule has 0 saturated heterocycles. The molecule has 0 radical (unpaired) electrons. The van der Waals surface area contributed by atoms with E-state index >= 15 is 0 Å². The summed E-state index contributed by atoms with van der Waals surface area (Å²) in [6, 6.07) is 7.36. The Bertz CT molecular complexity index is 387. The van der Waals surface area contributed by atoms with Crippen LogP contribution < -0.4 is 0 Å². The molecule has 0 unspecified atom stereocenters. The Morgan fingerprint density at radius 3 is 2.15 bits per heavy atom. The number of hydrogen-bond acceptors (Lipinski definition) is 1. The zero-order chi connectivity index (χ0) is 9.26. The molecule has 0 saturated carbocycles. The van der Waals surface area contributed by atoms with Crippen LogP contribution in [0.4, 0.5) is 8.78 Å². The molecule has 2 aromatic rings. The summed E-state index contributed by atoms with van der Waals surface area (Å²) in [6.07, 6.45) is 0. The van der Waals surface area contributed by atoms with Crippen molar-refractivity contribution in [3.8, 4) is 10.4 Å². The molecule has 1 aromatic carbocycles. The maximum atomic E-state index is 13.2. The van der Waals surface area contributed by atoms with Gasteiger partial charge in [0.15, 0.2) is 0 Å². The van der Waals surface area contributed by atoms with Crippen LogP contribution in [-0.4, -0.2) is 0 Å². The Balaban J connectivity index is 2.64. The van der Waals surface area contributed by atoms with Gasteiger partial charge in [-0.2, -0.15) is 0 Å². The third kappa shape index (κ3) is 1.47. The highest BCUT2D eigenvalue weighted by atomic mass is 32.1. The highest BCUT2D eigenvalue weighted by Gasteiger charge is 2.10. The third-order valence-corrected chi connectivity index (χ3v) is 2.62. The van der Waals surface area contributed by atoms with Crippen LogP contribution in [0.2, 0.25) is 0 Å². The van der Waals surface area contributed by atoms with E-state index in [2.05, 4.69) is 0 Å². The fraction of sp³-hybridized carbons (Fsp3) is 0. The van der Waals surface area contributed by atoms with Gasteiger partial charge in [-0.15, -0.1) is 11.3 Å². The Morgan fingerprint density at radius 2 is 1.62 bits per heavy atom. The van der Waals surface area contributed by atoms with E-state index in [0.717, 1.165) is 0 Å². The SMILES string of the molecule is Fc1cccc(F)c1-c1cccs1. The molecule has 2 rings (SSSR count). The van der Waals surface area contributed by atoms with Crippen molar-refractivity contribution < 1.29 is 8.78 Å². The molecule has 0 fully saturated rings. The Hall–Kier alpha value is -1.22. The van der Waals surface area contributed by atoms with Crippen molar-refractivity contribution in [3.63, 3.8) is 0 Å². The predicted octanol–water partition coefficient (Wildman–Crippen LogP) is 3.69. The lowest BCUT2D eigenvalue weighted by atomic mass is 10.1. The summed E-state index contributed by atoms with van der Waals surface area (Å²) in [4.78, 5) is 0.621. The van der Waals surface area contributed by atoms with Crippen LogP contribution in [0.15, 0.2) is 35.7 Å². The maximum absolute atomic E-state index is 13.2. The topological polar surface area (TPSA) is 0 Å². The highest BCUT2D eigenvalue weighted by Crippen LogP contribution is 2.29. The molecule has 13 heavy (non-hydrogen) atoms. The van der Waals surface area contributed by atoms with Crippen LogP contribution >= 0.6 is 11.3 Å². The Labute approximate surface area is 78.5 Å². The van der Waals surface area contributed by atoms with Gasteiger partial charge in [0.05, 0.1) is 5.56 Å². The van der Waals surface area contributed by atoms with Gasteiger partial charge in [-0.25, -0.2) is 8.78 Å². The average molecular weight is 196 g/mol. The number of hydrogen-bond donors (Lipinski definition) is 0. The first kappa shape index (κ1) is 8.38. The number of halogens is 2. The van der Waals surface area contributed by atoms with Gasteiger partial charge in [0, 0.05) is 4.88 Å². The average Bonchev–Trinajstić information content (AvgIpc) is 2.57. The number of rotatable bonds is 1. The van der Waals surface area contributed by atoms with E-state index in [1.165, 1.54) is 29.5 Å². The van der Waals surface area contributed by atoms with Gasteiger partial charge < -0.3 is 0 Å². The minimum absolute atomic E-state index is 0.0671. The van der Waals surface area contributed by atoms with E-state index < -0.39 is 11.6 Å². The Kier molecular flexibility index (Phi) is 2.10. The molecule has 66 valence electrons. The molecular weight excluding hydrogens is 190 g/mol. The maximum Gasteiger partial charge on any atom is 0.134 e. The van der Waals surface area contributed by atoms with Crippen LogP contribution in [0.5, 0.6) is 0 Å². The summed E-state index contributed by atoms with van der Waals surface area (Å²) in [5.41, 5.74) is 0.0671. The first-order valence-corrected chi connectivity index (χ1v) is 4.65. The molecule has 0 nitrogen and oxygen atoms in total. The lowest BCUT2D eigenvalue weighted by molar-refractivity contribution is 0.590. The molecule has 0 aliphatic rings. The Morgan fingerprint density at radius 1 is 0.923 bits per heavy atom. The minimum Gasteiger partial charge on any atom is -0.206 e. The highest BCUT2D eigenvalue weighted by molar-refractivity contribution is 7.13. The van der Waals surface area contributed by atoms with E-state index in [4.69, 9.17) is 0 Å². The van der Waals surface area contributed by atoms with Crippen LogP contribution in [0.25, 0.3) is 10.4 Å². The lowest BCUT2D eigenvalue weighted by Gasteiger charge is -2.00. The predicted molar refractivity (Wildman–Crippen MR) is 49.7 cm³/mol. The van der Waals surface area contributed by atoms with Crippen molar-refractivity contribution in [2.75, 3.05) is 0 Å². The van der Waals surface area contributed by atoms with Gasteiger partial charge in [0.1, 0.15) is 11.6 Å². The fourth-order valence-electron chi connectivity index (χ4n) is 1.15. The monoisotopic (exact) mass is 196 g/mol. The largest absolute Gasteiger partial charge is 0.206 e. The summed E-state index contributed by atoms with van der Waals surface area (Å²) in [7, 11) is 0. The molecular formula is C10H6F2S. The van der Waals surface area contributed by atoms with E-state index in [0.29, 0.717) is 4.88 Å². The molecule has 1 aromatic heterocycles. The zero-order valence-corrected chi connectivity index (χ0v) is 7.44. The van der Waals surface area contributed by atoms with Crippen molar-refractivity contribution in [3.05, 3.63) is 47.3 Å². The van der Waals surface area contributed by atoms with E-state index in [9.17, 15) is 8.78 Å². The molecule has 0 bridgehead atoms. The quantitative estimate of drug-likeness (QED) is 0.652. The molecule has 1 heterocycles. The molecule has 0 aliphatic heterocycles. The molecule has 0 aliphatic carbocycles. The summed E-state index contributed by atoms with van der Waals surface area (Å²) in [5.74, 6) is -1.02.